The summed E-state index contributed by atoms with van der Waals surface area (Å²) in [4.78, 5) is 8.88. The summed E-state index contributed by atoms with van der Waals surface area (Å²) in [7, 11) is -1.84. The first-order valence-corrected chi connectivity index (χ1v) is 6.77. The van der Waals surface area contributed by atoms with Gasteiger partial charge in [-0.15, -0.1) is 0 Å². The van der Waals surface area contributed by atoms with Crippen LogP contribution in [0.3, 0.4) is 0 Å². The van der Waals surface area contributed by atoms with E-state index in [1.54, 1.807) is 0 Å². The van der Waals surface area contributed by atoms with E-state index in [0.717, 1.165) is 0 Å². The molecule has 0 aromatic rings. The molecule has 5 nitrogen and oxygen atoms in total. The molecule has 0 spiro atoms. The van der Waals surface area contributed by atoms with Crippen molar-refractivity contribution in [3.05, 3.63) is 24.3 Å². The number of rotatable bonds is 10. The lowest BCUT2D eigenvalue weighted by molar-refractivity contribution is -0.0212. The summed E-state index contributed by atoms with van der Waals surface area (Å²) in [6.07, 6.45) is 7.39. The lowest BCUT2D eigenvalue weighted by atomic mass is 10.4. The number of ether oxygens (including phenoxy) is 2. The van der Waals surface area contributed by atoms with Crippen molar-refractivity contribution < 1.29 is 18.9 Å². The van der Waals surface area contributed by atoms with Crippen molar-refractivity contribution in [3.8, 4) is 0 Å². The Kier molecular flexibility index (Phi) is 12.0. The maximum atomic E-state index is 8.88. The van der Waals surface area contributed by atoms with Crippen molar-refractivity contribution in [3.63, 3.8) is 0 Å². The quantitative estimate of drug-likeness (QED) is 0.357. The van der Waals surface area contributed by atoms with Crippen molar-refractivity contribution in [2.45, 2.75) is 20.0 Å². The Morgan fingerprint density at radius 2 is 1.82 bits per heavy atom. The van der Waals surface area contributed by atoms with E-state index in [-0.39, 0.29) is 12.7 Å². The molecule has 0 rings (SSSR count). The fourth-order valence-electron chi connectivity index (χ4n) is 0.955. The maximum Gasteiger partial charge on any atom is 0.250 e. The lowest BCUT2D eigenvalue weighted by Gasteiger charge is -2.17. The summed E-state index contributed by atoms with van der Waals surface area (Å²) >= 11 is 0. The van der Waals surface area contributed by atoms with Crippen molar-refractivity contribution in [2.24, 2.45) is 5.50 Å². The largest absolute Gasteiger partial charge is 0.375 e. The maximum absolute atomic E-state index is 8.88. The minimum absolute atomic E-state index is 0.225. The summed E-state index contributed by atoms with van der Waals surface area (Å²) in [6.45, 7) is 5.52. The van der Waals surface area contributed by atoms with E-state index >= 15 is 0 Å². The van der Waals surface area contributed by atoms with Crippen LogP contribution in [-0.2, 0) is 14.0 Å². The number of hydrogen-bond acceptors (Lipinski definition) is 5. The summed E-state index contributed by atoms with van der Waals surface area (Å²) in [5.41, 5.74) is 5.15. The van der Waals surface area contributed by atoms with Gasteiger partial charge >= 0.3 is 0 Å². The monoisotopic (exact) mass is 263 g/mol. The van der Waals surface area contributed by atoms with Gasteiger partial charge in [0.25, 0.3) is 0 Å². The van der Waals surface area contributed by atoms with Crippen molar-refractivity contribution in [1.82, 2.24) is 0 Å². The molecule has 0 heterocycles. The van der Waals surface area contributed by atoms with Crippen LogP contribution >= 0.6 is 8.53 Å². The molecule has 0 fully saturated rings. The van der Waals surface area contributed by atoms with E-state index in [4.69, 9.17) is 24.4 Å². The second-order valence-corrected chi connectivity index (χ2v) is 4.09. The first-order valence-electron chi connectivity index (χ1n) is 5.49. The SMILES string of the molecule is C/C=C\COCC(COP(N)O)OC/C=C\C. The van der Waals surface area contributed by atoms with Crippen LogP contribution in [0.25, 0.3) is 0 Å². The predicted molar refractivity (Wildman–Crippen MR) is 69.5 cm³/mol. The van der Waals surface area contributed by atoms with Gasteiger partial charge in [0, 0.05) is 0 Å². The average molecular weight is 263 g/mol. The molecule has 0 aliphatic rings. The predicted octanol–water partition coefficient (Wildman–Crippen LogP) is 1.73. The summed E-state index contributed by atoms with van der Waals surface area (Å²) in [5, 5.41) is 0. The van der Waals surface area contributed by atoms with Crippen molar-refractivity contribution >= 4 is 8.53 Å². The minimum atomic E-state index is -1.84. The third-order valence-electron chi connectivity index (χ3n) is 1.81. The lowest BCUT2D eigenvalue weighted by Crippen LogP contribution is -2.25. The van der Waals surface area contributed by atoms with Gasteiger partial charge in [-0.2, -0.15) is 0 Å². The Hall–Kier alpha value is -0.290. The normalized spacial score (nSPS) is 15.8. The molecule has 0 radical (unpaired) electrons. The average Bonchev–Trinajstić information content (AvgIpc) is 2.30. The summed E-state index contributed by atoms with van der Waals surface area (Å²) < 4.78 is 15.8. The third kappa shape index (κ3) is 12.0. The summed E-state index contributed by atoms with van der Waals surface area (Å²) in [5.74, 6) is 0. The highest BCUT2D eigenvalue weighted by Gasteiger charge is 2.11. The number of nitrogens with two attached hydrogens (primary N) is 1. The van der Waals surface area contributed by atoms with Crippen LogP contribution in [0.2, 0.25) is 0 Å². The summed E-state index contributed by atoms with van der Waals surface area (Å²) in [6, 6.07) is 0. The molecule has 0 saturated carbocycles. The fourth-order valence-corrected chi connectivity index (χ4v) is 1.27. The molecule has 0 aliphatic heterocycles. The van der Waals surface area contributed by atoms with E-state index in [1.807, 2.05) is 38.2 Å². The first-order chi connectivity index (χ1) is 8.20. The van der Waals surface area contributed by atoms with Crippen LogP contribution in [0.15, 0.2) is 24.3 Å². The zero-order valence-corrected chi connectivity index (χ0v) is 11.3. The molecule has 0 aromatic heterocycles. The Morgan fingerprint density at radius 1 is 1.18 bits per heavy atom. The molecule has 0 aromatic carbocycles. The molecule has 0 aliphatic carbocycles. The van der Waals surface area contributed by atoms with Crippen LogP contribution in [-0.4, -0.2) is 37.4 Å². The number of hydrogen-bond donors (Lipinski definition) is 2. The van der Waals surface area contributed by atoms with Gasteiger partial charge in [-0.3, -0.25) is 5.50 Å². The van der Waals surface area contributed by atoms with E-state index < -0.39 is 8.53 Å². The molecule has 2 unspecified atom stereocenters. The second-order valence-electron chi connectivity index (χ2n) is 3.23. The van der Waals surface area contributed by atoms with Gasteiger partial charge in [0.15, 0.2) is 0 Å². The third-order valence-corrected chi connectivity index (χ3v) is 2.22. The van der Waals surface area contributed by atoms with Gasteiger partial charge in [-0.25, -0.2) is 0 Å². The molecule has 17 heavy (non-hydrogen) atoms. The van der Waals surface area contributed by atoms with E-state index in [9.17, 15) is 0 Å². The topological polar surface area (TPSA) is 73.9 Å². The molecule has 100 valence electrons. The van der Waals surface area contributed by atoms with Crippen LogP contribution in [0.5, 0.6) is 0 Å². The van der Waals surface area contributed by atoms with E-state index in [2.05, 4.69) is 0 Å². The van der Waals surface area contributed by atoms with Crippen LogP contribution in [0, 0.1) is 0 Å². The fraction of sp³-hybridized carbons (Fsp3) is 0.636. The zero-order valence-electron chi connectivity index (χ0n) is 10.4. The Morgan fingerprint density at radius 3 is 2.41 bits per heavy atom. The molecular formula is C11H22NO4P. The molecular weight excluding hydrogens is 241 g/mol. The highest BCUT2D eigenvalue weighted by molar-refractivity contribution is 7.43. The smallest absolute Gasteiger partial charge is 0.250 e. The first kappa shape index (κ1) is 16.7. The molecule has 0 saturated heterocycles. The molecule has 6 heteroatoms. The standard InChI is InChI=1S/C11H22NO4P/c1-3-5-7-14-9-11(10-16-17(12)13)15-8-6-4-2/h3-6,11,13H,7-10,12H2,1-2H3/b5-3-,6-4-. The van der Waals surface area contributed by atoms with Gasteiger partial charge in [0.1, 0.15) is 6.10 Å². The zero-order chi connectivity index (χ0) is 12.9. The van der Waals surface area contributed by atoms with Crippen LogP contribution in [0.1, 0.15) is 13.8 Å². The second kappa shape index (κ2) is 12.2. The molecule has 2 atom stereocenters. The van der Waals surface area contributed by atoms with Gasteiger partial charge in [-0.1, -0.05) is 24.3 Å². The molecule has 0 bridgehead atoms. The van der Waals surface area contributed by atoms with Crippen LogP contribution in [0.4, 0.5) is 0 Å². The van der Waals surface area contributed by atoms with Gasteiger partial charge < -0.3 is 18.9 Å². The van der Waals surface area contributed by atoms with Gasteiger partial charge in [0.05, 0.1) is 26.4 Å². The highest BCUT2D eigenvalue weighted by atomic mass is 31.2. The minimum Gasteiger partial charge on any atom is -0.375 e. The molecule has 0 amide bonds. The Bertz CT molecular complexity index is 222. The van der Waals surface area contributed by atoms with E-state index in [1.165, 1.54) is 0 Å². The van der Waals surface area contributed by atoms with Crippen LogP contribution < -0.4 is 5.50 Å². The van der Waals surface area contributed by atoms with E-state index in [0.29, 0.717) is 19.8 Å². The van der Waals surface area contributed by atoms with Crippen molar-refractivity contribution in [2.75, 3.05) is 26.4 Å². The molecule has 3 N–H and O–H groups in total. The Labute approximate surface area is 104 Å². The van der Waals surface area contributed by atoms with Gasteiger partial charge in [0.2, 0.25) is 8.53 Å². The highest BCUT2D eigenvalue weighted by Crippen LogP contribution is 2.19. The van der Waals surface area contributed by atoms with Crippen molar-refractivity contribution in [1.29, 1.82) is 0 Å². The Balaban J connectivity index is 3.83. The number of allylic oxidation sites excluding steroid dienone is 2. The van der Waals surface area contributed by atoms with Gasteiger partial charge in [-0.05, 0) is 13.8 Å².